The lowest BCUT2D eigenvalue weighted by Crippen LogP contribution is -2.05. The van der Waals surface area contributed by atoms with E-state index >= 15 is 0 Å². The second-order valence-corrected chi connectivity index (χ2v) is 3.90. The number of benzene rings is 1. The van der Waals surface area contributed by atoms with Crippen LogP contribution in [0.15, 0.2) is 42.7 Å². The molecule has 0 aliphatic carbocycles. The highest BCUT2D eigenvalue weighted by Crippen LogP contribution is 2.22. The molecule has 0 unspecified atom stereocenters. The molecule has 0 amide bonds. The summed E-state index contributed by atoms with van der Waals surface area (Å²) < 4.78 is 0. The minimum atomic E-state index is 0.868. The van der Waals surface area contributed by atoms with E-state index in [0.717, 1.165) is 30.0 Å². The Kier molecular flexibility index (Phi) is 4.08. The third-order valence-corrected chi connectivity index (χ3v) is 2.57. The number of nitrogens with zero attached hydrogens (tertiary/aromatic N) is 2. The van der Waals surface area contributed by atoms with Crippen LogP contribution in [0.5, 0.6) is 0 Å². The maximum Gasteiger partial charge on any atom is 0.152 e. The maximum atomic E-state index is 4.40. The summed E-state index contributed by atoms with van der Waals surface area (Å²) in [5.41, 5.74) is 2.02. The van der Waals surface area contributed by atoms with Crippen molar-refractivity contribution in [3.63, 3.8) is 0 Å². The molecule has 3 nitrogen and oxygen atoms in total. The largest absolute Gasteiger partial charge is 0.368 e. The summed E-state index contributed by atoms with van der Waals surface area (Å²) in [4.78, 5) is 8.76. The molecule has 2 aromatic rings. The fraction of sp³-hybridized carbons (Fsp3) is 0.286. The van der Waals surface area contributed by atoms with Gasteiger partial charge in [-0.1, -0.05) is 43.7 Å². The summed E-state index contributed by atoms with van der Waals surface area (Å²) in [5.74, 6) is 0.868. The van der Waals surface area contributed by atoms with Gasteiger partial charge in [-0.05, 0) is 6.42 Å². The summed E-state index contributed by atoms with van der Waals surface area (Å²) >= 11 is 0. The quantitative estimate of drug-likeness (QED) is 0.796. The fourth-order valence-corrected chi connectivity index (χ4v) is 1.66. The standard InChI is InChI=1S/C14H17N3/c1-2-3-9-16-14-13(15-10-11-17-14)12-7-5-4-6-8-12/h4-8,10-11H,2-3,9H2,1H3,(H,16,17). The molecule has 88 valence electrons. The van der Waals surface area contributed by atoms with Crippen molar-refractivity contribution in [3.8, 4) is 11.3 Å². The summed E-state index contributed by atoms with van der Waals surface area (Å²) in [5, 5.41) is 3.34. The van der Waals surface area contributed by atoms with Gasteiger partial charge >= 0.3 is 0 Å². The van der Waals surface area contributed by atoms with E-state index in [-0.39, 0.29) is 0 Å². The Balaban J connectivity index is 2.22. The van der Waals surface area contributed by atoms with E-state index in [1.54, 1.807) is 12.4 Å². The summed E-state index contributed by atoms with van der Waals surface area (Å²) in [6.07, 6.45) is 5.77. The Morgan fingerprint density at radius 1 is 1.06 bits per heavy atom. The highest BCUT2D eigenvalue weighted by atomic mass is 15.0. The molecule has 0 fully saturated rings. The summed E-state index contributed by atoms with van der Waals surface area (Å²) in [6, 6.07) is 10.1. The number of rotatable bonds is 5. The van der Waals surface area contributed by atoms with Crippen LogP contribution in [0.4, 0.5) is 5.82 Å². The van der Waals surface area contributed by atoms with E-state index in [2.05, 4.69) is 34.3 Å². The molecule has 1 heterocycles. The van der Waals surface area contributed by atoms with Gasteiger partial charge in [-0.25, -0.2) is 4.98 Å². The van der Waals surface area contributed by atoms with Gasteiger partial charge in [0.05, 0.1) is 0 Å². The van der Waals surface area contributed by atoms with Gasteiger partial charge in [0, 0.05) is 24.5 Å². The number of aromatic nitrogens is 2. The molecule has 1 N–H and O–H groups in total. The van der Waals surface area contributed by atoms with Gasteiger partial charge in [-0.3, -0.25) is 4.98 Å². The van der Waals surface area contributed by atoms with Gasteiger partial charge in [-0.2, -0.15) is 0 Å². The zero-order valence-electron chi connectivity index (χ0n) is 10.1. The smallest absolute Gasteiger partial charge is 0.152 e. The predicted octanol–water partition coefficient (Wildman–Crippen LogP) is 3.36. The zero-order valence-corrected chi connectivity index (χ0v) is 10.1. The van der Waals surface area contributed by atoms with Gasteiger partial charge in [0.25, 0.3) is 0 Å². The molecule has 3 heteroatoms. The van der Waals surface area contributed by atoms with Crippen molar-refractivity contribution >= 4 is 5.82 Å². The SMILES string of the molecule is CCCCNc1nccnc1-c1ccccc1. The molecule has 1 aromatic heterocycles. The highest BCUT2D eigenvalue weighted by Gasteiger charge is 2.05. The third kappa shape index (κ3) is 3.03. The van der Waals surface area contributed by atoms with E-state index in [1.807, 2.05) is 18.2 Å². The van der Waals surface area contributed by atoms with Crippen LogP contribution in [0.3, 0.4) is 0 Å². The Labute approximate surface area is 102 Å². The highest BCUT2D eigenvalue weighted by molar-refractivity contribution is 5.70. The Morgan fingerprint density at radius 2 is 1.82 bits per heavy atom. The van der Waals surface area contributed by atoms with Crippen molar-refractivity contribution in [2.75, 3.05) is 11.9 Å². The van der Waals surface area contributed by atoms with E-state index in [4.69, 9.17) is 0 Å². The summed E-state index contributed by atoms with van der Waals surface area (Å²) in [7, 11) is 0. The molecule has 0 saturated carbocycles. The van der Waals surface area contributed by atoms with Crippen molar-refractivity contribution in [2.45, 2.75) is 19.8 Å². The molecule has 0 atom stereocenters. The van der Waals surface area contributed by atoms with E-state index < -0.39 is 0 Å². The molecule has 0 aliphatic heterocycles. The van der Waals surface area contributed by atoms with Gasteiger partial charge in [0.15, 0.2) is 5.82 Å². The first-order valence-corrected chi connectivity index (χ1v) is 6.02. The average Bonchev–Trinajstić information content (AvgIpc) is 2.41. The number of nitrogens with one attached hydrogen (secondary N) is 1. The topological polar surface area (TPSA) is 37.8 Å². The predicted molar refractivity (Wildman–Crippen MR) is 70.9 cm³/mol. The van der Waals surface area contributed by atoms with Crippen molar-refractivity contribution in [1.82, 2.24) is 9.97 Å². The number of unbranched alkanes of at least 4 members (excludes halogenated alkanes) is 1. The zero-order chi connectivity index (χ0) is 11.9. The lowest BCUT2D eigenvalue weighted by atomic mass is 10.1. The lowest BCUT2D eigenvalue weighted by Gasteiger charge is -2.09. The van der Waals surface area contributed by atoms with Crippen LogP contribution in [-0.2, 0) is 0 Å². The van der Waals surface area contributed by atoms with Crippen LogP contribution >= 0.6 is 0 Å². The van der Waals surface area contributed by atoms with Gasteiger partial charge in [0.1, 0.15) is 5.69 Å². The molecular formula is C14H17N3. The van der Waals surface area contributed by atoms with Crippen molar-refractivity contribution in [3.05, 3.63) is 42.7 Å². The minimum absolute atomic E-state index is 0.868. The first kappa shape index (κ1) is 11.6. The molecule has 0 aliphatic rings. The van der Waals surface area contributed by atoms with E-state index in [1.165, 1.54) is 6.42 Å². The van der Waals surface area contributed by atoms with Crippen molar-refractivity contribution in [1.29, 1.82) is 0 Å². The third-order valence-electron chi connectivity index (χ3n) is 2.57. The van der Waals surface area contributed by atoms with Crippen LogP contribution in [0.2, 0.25) is 0 Å². The van der Waals surface area contributed by atoms with Crippen molar-refractivity contribution in [2.24, 2.45) is 0 Å². The Bertz CT molecular complexity index is 454. The normalized spacial score (nSPS) is 10.2. The first-order chi connectivity index (χ1) is 8.42. The molecule has 0 bridgehead atoms. The monoisotopic (exact) mass is 227 g/mol. The van der Waals surface area contributed by atoms with Gasteiger partial charge < -0.3 is 5.32 Å². The van der Waals surface area contributed by atoms with Gasteiger partial charge in [0.2, 0.25) is 0 Å². The van der Waals surface area contributed by atoms with Crippen LogP contribution in [0, 0.1) is 0 Å². The van der Waals surface area contributed by atoms with E-state index in [9.17, 15) is 0 Å². The van der Waals surface area contributed by atoms with Crippen molar-refractivity contribution < 1.29 is 0 Å². The number of hydrogen-bond donors (Lipinski definition) is 1. The molecule has 1 aromatic carbocycles. The molecular weight excluding hydrogens is 210 g/mol. The van der Waals surface area contributed by atoms with E-state index in [0.29, 0.717) is 0 Å². The Hall–Kier alpha value is -1.90. The maximum absolute atomic E-state index is 4.40. The fourth-order valence-electron chi connectivity index (χ4n) is 1.66. The molecule has 0 saturated heterocycles. The summed E-state index contributed by atoms with van der Waals surface area (Å²) in [6.45, 7) is 3.12. The second-order valence-electron chi connectivity index (χ2n) is 3.90. The molecule has 17 heavy (non-hydrogen) atoms. The lowest BCUT2D eigenvalue weighted by molar-refractivity contribution is 0.830. The molecule has 0 spiro atoms. The van der Waals surface area contributed by atoms with Crippen LogP contribution < -0.4 is 5.32 Å². The average molecular weight is 227 g/mol. The second kappa shape index (κ2) is 5.99. The minimum Gasteiger partial charge on any atom is -0.368 e. The Morgan fingerprint density at radius 3 is 2.59 bits per heavy atom. The number of hydrogen-bond acceptors (Lipinski definition) is 3. The van der Waals surface area contributed by atoms with Crippen LogP contribution in [0.1, 0.15) is 19.8 Å². The van der Waals surface area contributed by atoms with Gasteiger partial charge in [-0.15, -0.1) is 0 Å². The molecule has 2 rings (SSSR count). The molecule has 0 radical (unpaired) electrons. The first-order valence-electron chi connectivity index (χ1n) is 6.02. The van der Waals surface area contributed by atoms with Crippen LogP contribution in [0.25, 0.3) is 11.3 Å². The number of anilines is 1. The van der Waals surface area contributed by atoms with Crippen LogP contribution in [-0.4, -0.2) is 16.5 Å².